The van der Waals surface area contributed by atoms with Gasteiger partial charge in [-0.05, 0) is 71.0 Å². The molecular formula is C28H27ClN4O2S. The van der Waals surface area contributed by atoms with Crippen molar-refractivity contribution in [2.75, 3.05) is 30.0 Å². The Kier molecular flexibility index (Phi) is 6.28. The number of aliphatic carboxylic acids is 1. The quantitative estimate of drug-likeness (QED) is 0.214. The van der Waals surface area contributed by atoms with E-state index >= 15 is 0 Å². The van der Waals surface area contributed by atoms with Crippen LogP contribution in [0.3, 0.4) is 0 Å². The van der Waals surface area contributed by atoms with Crippen molar-refractivity contribution in [1.82, 2.24) is 4.57 Å². The van der Waals surface area contributed by atoms with E-state index in [2.05, 4.69) is 34.9 Å². The maximum Gasteiger partial charge on any atom is 0.307 e. The molecule has 5 rings (SSSR count). The summed E-state index contributed by atoms with van der Waals surface area (Å²) in [6, 6.07) is 15.6. The van der Waals surface area contributed by atoms with Gasteiger partial charge in [-0.3, -0.25) is 4.79 Å². The van der Waals surface area contributed by atoms with Crippen LogP contribution in [0.25, 0.3) is 32.1 Å². The highest BCUT2D eigenvalue weighted by molar-refractivity contribution is 7.18. The lowest BCUT2D eigenvalue weighted by atomic mass is 10.0. The largest absolute Gasteiger partial charge is 0.481 e. The first kappa shape index (κ1) is 24.0. The van der Waals surface area contributed by atoms with E-state index in [4.69, 9.17) is 23.1 Å². The van der Waals surface area contributed by atoms with Crippen LogP contribution in [0, 0.1) is 0 Å². The topological polar surface area (TPSA) is 97.5 Å². The minimum atomic E-state index is -0.859. The molecule has 0 amide bonds. The number of carbonyl (C=O) groups is 1. The molecule has 0 radical (unpaired) electrons. The van der Waals surface area contributed by atoms with E-state index in [0.717, 1.165) is 50.8 Å². The summed E-state index contributed by atoms with van der Waals surface area (Å²) in [5.74, 6) is -0.859. The van der Waals surface area contributed by atoms with Crippen molar-refractivity contribution in [2.24, 2.45) is 0 Å². The average molecular weight is 519 g/mol. The summed E-state index contributed by atoms with van der Waals surface area (Å²) in [6.45, 7) is 3.58. The number of nitrogen functional groups attached to an aromatic ring is 2. The maximum atomic E-state index is 11.6. The number of hydrogen-bond donors (Lipinski definition) is 3. The summed E-state index contributed by atoms with van der Waals surface area (Å²) in [7, 11) is 2.06. The van der Waals surface area contributed by atoms with Crippen molar-refractivity contribution in [2.45, 2.75) is 19.9 Å². The van der Waals surface area contributed by atoms with Crippen molar-refractivity contribution in [3.05, 3.63) is 76.3 Å². The number of rotatable bonds is 7. The van der Waals surface area contributed by atoms with Crippen molar-refractivity contribution in [3.63, 3.8) is 0 Å². The summed E-state index contributed by atoms with van der Waals surface area (Å²) >= 11 is 8.22. The first-order chi connectivity index (χ1) is 17.2. The molecule has 0 saturated carbocycles. The van der Waals surface area contributed by atoms with E-state index in [0.29, 0.717) is 22.9 Å². The van der Waals surface area contributed by atoms with Gasteiger partial charge in [0.2, 0.25) is 0 Å². The monoisotopic (exact) mass is 518 g/mol. The molecule has 0 spiro atoms. The SMILES string of the molecule is CCN(C)c1cc(Cl)cc2c(Cn3cc(CC(=O)O)c4ccc(-c5cc(N)cc(N)c5)cc43)csc12. The summed E-state index contributed by atoms with van der Waals surface area (Å²) in [5.41, 5.74) is 19.1. The molecule has 0 fully saturated rings. The van der Waals surface area contributed by atoms with Crippen LogP contribution < -0.4 is 16.4 Å². The highest BCUT2D eigenvalue weighted by atomic mass is 35.5. The van der Waals surface area contributed by atoms with Gasteiger partial charge in [-0.2, -0.15) is 0 Å². The lowest BCUT2D eigenvalue weighted by molar-refractivity contribution is -0.136. The zero-order valence-corrected chi connectivity index (χ0v) is 21.7. The van der Waals surface area contributed by atoms with Crippen LogP contribution >= 0.6 is 22.9 Å². The number of anilines is 3. The van der Waals surface area contributed by atoms with Gasteiger partial charge >= 0.3 is 5.97 Å². The molecular weight excluding hydrogens is 492 g/mol. The Balaban J connectivity index is 1.65. The van der Waals surface area contributed by atoms with Crippen molar-refractivity contribution in [3.8, 4) is 11.1 Å². The number of thiophene rings is 1. The predicted octanol–water partition coefficient (Wildman–Crippen LogP) is 6.47. The molecule has 2 heterocycles. The van der Waals surface area contributed by atoms with Crippen LogP contribution in [0.2, 0.25) is 5.02 Å². The number of hydrogen-bond acceptors (Lipinski definition) is 5. The molecule has 36 heavy (non-hydrogen) atoms. The van der Waals surface area contributed by atoms with E-state index in [1.54, 1.807) is 17.4 Å². The Morgan fingerprint density at radius 2 is 1.78 bits per heavy atom. The number of nitrogens with zero attached hydrogens (tertiary/aromatic N) is 2. The number of fused-ring (bicyclic) bond motifs is 2. The molecule has 0 unspecified atom stereocenters. The minimum absolute atomic E-state index is 0.0459. The molecule has 0 aliphatic heterocycles. The second kappa shape index (κ2) is 9.41. The number of carboxylic acids is 1. The minimum Gasteiger partial charge on any atom is -0.481 e. The first-order valence-corrected chi connectivity index (χ1v) is 12.9. The van der Waals surface area contributed by atoms with E-state index in [9.17, 15) is 9.90 Å². The van der Waals surface area contributed by atoms with Gasteiger partial charge in [-0.1, -0.05) is 23.7 Å². The fraction of sp³-hybridized carbons (Fsp3) is 0.179. The average Bonchev–Trinajstić information content (AvgIpc) is 3.38. The first-order valence-electron chi connectivity index (χ1n) is 11.6. The molecule has 8 heteroatoms. The Labute approximate surface area is 218 Å². The summed E-state index contributed by atoms with van der Waals surface area (Å²) in [6.07, 6.45) is 1.90. The Morgan fingerprint density at radius 1 is 1.03 bits per heavy atom. The Bertz CT molecular complexity index is 1600. The number of halogens is 1. The lowest BCUT2D eigenvalue weighted by Crippen LogP contribution is -2.15. The molecule has 2 aromatic heterocycles. The fourth-order valence-corrected chi connectivity index (χ4v) is 6.05. The third-order valence-corrected chi connectivity index (χ3v) is 7.83. The van der Waals surface area contributed by atoms with Gasteiger partial charge < -0.3 is 26.0 Å². The second-order valence-corrected chi connectivity index (χ2v) is 10.4. The van der Waals surface area contributed by atoms with Gasteiger partial charge in [0.15, 0.2) is 0 Å². The molecule has 3 aromatic carbocycles. The Morgan fingerprint density at radius 3 is 2.47 bits per heavy atom. The van der Waals surface area contributed by atoms with Gasteiger partial charge in [-0.15, -0.1) is 11.3 Å². The fourth-order valence-electron chi connectivity index (χ4n) is 4.72. The van der Waals surface area contributed by atoms with E-state index < -0.39 is 5.97 Å². The van der Waals surface area contributed by atoms with Crippen molar-refractivity contribution < 1.29 is 9.90 Å². The van der Waals surface area contributed by atoms with E-state index in [1.807, 2.05) is 42.6 Å². The number of carboxylic acid groups (broad SMARTS) is 1. The van der Waals surface area contributed by atoms with Crippen LogP contribution in [0.5, 0.6) is 0 Å². The number of benzene rings is 3. The zero-order valence-electron chi connectivity index (χ0n) is 20.1. The molecule has 0 atom stereocenters. The van der Waals surface area contributed by atoms with Gasteiger partial charge in [0.25, 0.3) is 0 Å². The zero-order chi connectivity index (χ0) is 25.6. The van der Waals surface area contributed by atoms with E-state index in [1.165, 1.54) is 4.70 Å². The molecule has 184 valence electrons. The standard InChI is InChI=1S/C28H27ClN4O2S/c1-3-32(2)26-11-20(29)10-24-19(15-36-28(24)26)14-33-13-18(9-27(34)35)23-5-4-16(8-25(23)33)17-6-21(30)12-22(31)7-17/h4-8,10-13,15H,3,9,14,30-31H2,1-2H3,(H,34,35). The Hall–Kier alpha value is -3.68. The highest BCUT2D eigenvalue weighted by Gasteiger charge is 2.17. The van der Waals surface area contributed by atoms with Crippen LogP contribution in [-0.2, 0) is 17.8 Å². The van der Waals surface area contributed by atoms with Crippen molar-refractivity contribution in [1.29, 1.82) is 0 Å². The third kappa shape index (κ3) is 4.47. The lowest BCUT2D eigenvalue weighted by Gasteiger charge is -2.18. The third-order valence-electron chi connectivity index (χ3n) is 6.54. The summed E-state index contributed by atoms with van der Waals surface area (Å²) < 4.78 is 3.31. The van der Waals surface area contributed by atoms with E-state index in [-0.39, 0.29) is 6.42 Å². The molecule has 5 N–H and O–H groups in total. The molecule has 0 aliphatic rings. The molecule has 0 bridgehead atoms. The number of aromatic nitrogens is 1. The van der Waals surface area contributed by atoms with Crippen LogP contribution in [0.15, 0.2) is 60.1 Å². The second-order valence-electron chi connectivity index (χ2n) is 9.05. The maximum absolute atomic E-state index is 11.6. The smallest absolute Gasteiger partial charge is 0.307 e. The predicted molar refractivity (Wildman–Crippen MR) is 152 cm³/mol. The molecule has 6 nitrogen and oxygen atoms in total. The summed E-state index contributed by atoms with van der Waals surface area (Å²) in [4.78, 5) is 13.8. The van der Waals surface area contributed by atoms with Crippen LogP contribution in [-0.4, -0.2) is 29.2 Å². The van der Waals surface area contributed by atoms with Crippen molar-refractivity contribution >= 4 is 67.0 Å². The van der Waals surface area contributed by atoms with Gasteiger partial charge in [-0.25, -0.2) is 0 Å². The van der Waals surface area contributed by atoms with Crippen LogP contribution in [0.4, 0.5) is 17.1 Å². The summed E-state index contributed by atoms with van der Waals surface area (Å²) in [5, 5.41) is 14.4. The van der Waals surface area contributed by atoms with Gasteiger partial charge in [0.05, 0.1) is 16.8 Å². The number of nitrogens with two attached hydrogens (primary N) is 2. The van der Waals surface area contributed by atoms with Gasteiger partial charge in [0.1, 0.15) is 0 Å². The molecule has 0 saturated heterocycles. The van der Waals surface area contributed by atoms with Gasteiger partial charge in [0, 0.05) is 59.0 Å². The molecule has 5 aromatic rings. The highest BCUT2D eigenvalue weighted by Crippen LogP contribution is 2.38. The molecule has 0 aliphatic carbocycles. The van der Waals surface area contributed by atoms with Crippen LogP contribution in [0.1, 0.15) is 18.1 Å². The normalized spacial score (nSPS) is 11.4.